The maximum absolute atomic E-state index is 11.1. The molecule has 11 heavy (non-hydrogen) atoms. The number of carbonyl (C=O) groups excluding carboxylic acids is 1. The minimum Gasteiger partial charge on any atom is -0.299 e. The quantitative estimate of drug-likeness (QED) is 0.404. The van der Waals surface area contributed by atoms with Crippen LogP contribution in [0.2, 0.25) is 0 Å². The van der Waals surface area contributed by atoms with Crippen molar-refractivity contribution in [3.63, 3.8) is 0 Å². The van der Waals surface area contributed by atoms with Gasteiger partial charge in [0.15, 0.2) is 0 Å². The third-order valence-corrected chi connectivity index (χ3v) is 3.84. The lowest BCUT2D eigenvalue weighted by Gasteiger charge is -2.44. The first kappa shape index (κ1) is 5.69. The van der Waals surface area contributed by atoms with Crippen LogP contribution in [0.4, 0.5) is 0 Å². The van der Waals surface area contributed by atoms with Gasteiger partial charge in [-0.2, -0.15) is 0 Å². The van der Waals surface area contributed by atoms with Crippen LogP contribution in [0.25, 0.3) is 0 Å². The molecule has 3 aliphatic carbocycles. The van der Waals surface area contributed by atoms with Gasteiger partial charge in [0.2, 0.25) is 6.04 Å². The van der Waals surface area contributed by atoms with E-state index in [1.165, 1.54) is 0 Å². The van der Waals surface area contributed by atoms with E-state index in [1.807, 2.05) is 0 Å². The molecular weight excluding hydrogens is 146 g/mol. The molecule has 3 fully saturated rings. The molecule has 3 saturated carbocycles. The van der Waals surface area contributed by atoms with E-state index in [0.717, 1.165) is 6.42 Å². The highest BCUT2D eigenvalue weighted by Gasteiger charge is 2.94. The molecule has 58 valence electrons. The number of hydrogen-bond acceptors (Lipinski definition) is 3. The highest BCUT2D eigenvalue weighted by atomic mass is 16.6. The molecular formula is C7H7NO3. The molecule has 0 aromatic rings. The molecule has 3 unspecified atom stereocenters. The summed E-state index contributed by atoms with van der Waals surface area (Å²) in [4.78, 5) is 21.2. The van der Waals surface area contributed by atoms with Crippen LogP contribution in [-0.2, 0) is 4.79 Å². The fraction of sp³-hybridized carbons (Fsp3) is 0.857. The molecule has 0 spiro atoms. The van der Waals surface area contributed by atoms with E-state index >= 15 is 0 Å². The van der Waals surface area contributed by atoms with Gasteiger partial charge in [-0.15, -0.1) is 0 Å². The van der Waals surface area contributed by atoms with Gasteiger partial charge in [0.05, 0.1) is 0 Å². The zero-order valence-electron chi connectivity index (χ0n) is 5.87. The van der Waals surface area contributed by atoms with Crippen LogP contribution < -0.4 is 0 Å². The van der Waals surface area contributed by atoms with Gasteiger partial charge in [0.25, 0.3) is 0 Å². The predicted molar refractivity (Wildman–Crippen MR) is 34.5 cm³/mol. The largest absolute Gasteiger partial charge is 0.299 e. The van der Waals surface area contributed by atoms with Crippen molar-refractivity contribution in [1.82, 2.24) is 0 Å². The fourth-order valence-corrected chi connectivity index (χ4v) is 3.11. The minimum absolute atomic E-state index is 0.141. The number of hydrogen-bond donors (Lipinski definition) is 0. The summed E-state index contributed by atoms with van der Waals surface area (Å²) in [5.41, 5.74) is -0.293. The van der Waals surface area contributed by atoms with E-state index in [9.17, 15) is 14.9 Å². The van der Waals surface area contributed by atoms with Crippen molar-refractivity contribution in [2.24, 2.45) is 10.8 Å². The summed E-state index contributed by atoms with van der Waals surface area (Å²) >= 11 is 0. The van der Waals surface area contributed by atoms with Gasteiger partial charge in [0.1, 0.15) is 11.2 Å². The maximum Gasteiger partial charge on any atom is 0.226 e. The second-order valence-corrected chi connectivity index (χ2v) is 4.03. The van der Waals surface area contributed by atoms with Crippen molar-refractivity contribution in [3.8, 4) is 0 Å². The van der Waals surface area contributed by atoms with Gasteiger partial charge in [-0.3, -0.25) is 14.9 Å². The van der Waals surface area contributed by atoms with Crippen LogP contribution in [0.15, 0.2) is 0 Å². The average molecular weight is 153 g/mol. The summed E-state index contributed by atoms with van der Waals surface area (Å²) in [5.74, 6) is 0.144. The molecule has 3 atom stereocenters. The first-order valence-corrected chi connectivity index (χ1v) is 3.79. The first-order valence-electron chi connectivity index (χ1n) is 3.79. The molecule has 0 aromatic heterocycles. The van der Waals surface area contributed by atoms with E-state index in [2.05, 4.69) is 0 Å². The highest BCUT2D eigenvalue weighted by molar-refractivity contribution is 6.01. The second-order valence-electron chi connectivity index (χ2n) is 4.03. The van der Waals surface area contributed by atoms with Gasteiger partial charge >= 0.3 is 0 Å². The van der Waals surface area contributed by atoms with E-state index in [0.29, 0.717) is 12.8 Å². The van der Waals surface area contributed by atoms with Gasteiger partial charge in [-0.25, -0.2) is 0 Å². The third-order valence-electron chi connectivity index (χ3n) is 3.84. The van der Waals surface area contributed by atoms with Gasteiger partial charge in [-0.05, 0) is 6.42 Å². The lowest BCUT2D eigenvalue weighted by atomic mass is 9.56. The molecule has 0 bridgehead atoms. The zero-order valence-corrected chi connectivity index (χ0v) is 5.87. The Kier molecular flexibility index (Phi) is 0.574. The van der Waals surface area contributed by atoms with E-state index in [1.54, 1.807) is 0 Å². The van der Waals surface area contributed by atoms with Crippen LogP contribution in [0.5, 0.6) is 0 Å². The normalized spacial score (nSPS) is 56.7. The van der Waals surface area contributed by atoms with Crippen molar-refractivity contribution in [2.75, 3.05) is 0 Å². The zero-order chi connectivity index (χ0) is 7.85. The summed E-state index contributed by atoms with van der Waals surface area (Å²) in [5, 5.41) is 10.4. The summed E-state index contributed by atoms with van der Waals surface area (Å²) in [6.07, 6.45) is 2.09. The van der Waals surface area contributed by atoms with Crippen molar-refractivity contribution >= 4 is 5.78 Å². The Balaban J connectivity index is 1.97. The van der Waals surface area contributed by atoms with Crippen LogP contribution in [-0.4, -0.2) is 16.7 Å². The van der Waals surface area contributed by atoms with Gasteiger partial charge in [-0.1, -0.05) is 0 Å². The van der Waals surface area contributed by atoms with Crippen molar-refractivity contribution in [2.45, 2.75) is 25.3 Å². The Labute approximate surface area is 62.7 Å². The molecule has 4 nitrogen and oxygen atoms in total. The molecule has 3 aliphatic rings. The first-order chi connectivity index (χ1) is 5.12. The van der Waals surface area contributed by atoms with Crippen molar-refractivity contribution in [3.05, 3.63) is 10.1 Å². The molecule has 0 radical (unpaired) electrons. The monoisotopic (exact) mass is 153 g/mol. The lowest BCUT2D eigenvalue weighted by Crippen LogP contribution is -2.58. The van der Waals surface area contributed by atoms with Crippen molar-refractivity contribution in [1.29, 1.82) is 0 Å². The van der Waals surface area contributed by atoms with E-state index < -0.39 is 11.5 Å². The number of ketones is 1. The van der Waals surface area contributed by atoms with Crippen LogP contribution in [0.3, 0.4) is 0 Å². The Morgan fingerprint density at radius 1 is 1.64 bits per heavy atom. The number of rotatable bonds is 1. The molecule has 0 heterocycles. The summed E-state index contributed by atoms with van der Waals surface area (Å²) in [6.45, 7) is 0. The van der Waals surface area contributed by atoms with Crippen molar-refractivity contribution < 1.29 is 9.72 Å². The Morgan fingerprint density at radius 2 is 2.36 bits per heavy atom. The van der Waals surface area contributed by atoms with E-state index in [4.69, 9.17) is 0 Å². The minimum atomic E-state index is -0.524. The molecule has 0 aliphatic heterocycles. The second kappa shape index (κ2) is 1.11. The maximum atomic E-state index is 11.1. The lowest BCUT2D eigenvalue weighted by molar-refractivity contribution is -0.553. The Bertz CT molecular complexity index is 300. The SMILES string of the molecule is O=C1CC23CC([N+](=O)[O-])C12C3. The van der Waals surface area contributed by atoms with Crippen LogP contribution >= 0.6 is 0 Å². The number of carbonyl (C=O) groups is 1. The highest BCUT2D eigenvalue weighted by Crippen LogP contribution is 2.87. The predicted octanol–water partition coefficient (Wildman–Crippen LogP) is 0.385. The van der Waals surface area contributed by atoms with Gasteiger partial charge in [0, 0.05) is 23.2 Å². The Morgan fingerprint density at radius 3 is 2.64 bits per heavy atom. The van der Waals surface area contributed by atoms with Crippen LogP contribution in [0.1, 0.15) is 19.3 Å². The average Bonchev–Trinajstić information content (AvgIpc) is 2.36. The Hall–Kier alpha value is -0.930. The molecule has 0 amide bonds. The smallest absolute Gasteiger partial charge is 0.226 e. The summed E-state index contributed by atoms with van der Waals surface area (Å²) < 4.78 is 0. The van der Waals surface area contributed by atoms with E-state index in [-0.39, 0.29) is 16.1 Å². The topological polar surface area (TPSA) is 60.2 Å². The molecule has 4 heteroatoms. The molecule has 0 aromatic carbocycles. The number of nitrogens with zero attached hydrogens (tertiary/aromatic N) is 1. The summed E-state index contributed by atoms with van der Waals surface area (Å²) in [6, 6.07) is -0.524. The molecule has 0 N–H and O–H groups in total. The molecule has 3 rings (SSSR count). The van der Waals surface area contributed by atoms with Gasteiger partial charge < -0.3 is 0 Å². The fourth-order valence-electron chi connectivity index (χ4n) is 3.11. The standard InChI is InChI=1S/C7H7NO3/c9-5-2-6-1-4(8(10)11)7(5,6)3-6/h4H,1-3H2. The third kappa shape index (κ3) is 0.313. The summed E-state index contributed by atoms with van der Waals surface area (Å²) in [7, 11) is 0. The number of nitro groups is 1. The van der Waals surface area contributed by atoms with Crippen LogP contribution in [0, 0.1) is 20.9 Å². The number of Topliss-reactive ketones (excluding diaryl/α,β-unsaturated/α-hetero) is 1. The molecule has 0 saturated heterocycles.